The minimum absolute atomic E-state index is 0.0685. The Morgan fingerprint density at radius 1 is 1.00 bits per heavy atom. The van der Waals surface area contributed by atoms with Crippen LogP contribution in [0.3, 0.4) is 0 Å². The molecule has 2 aromatic rings. The summed E-state index contributed by atoms with van der Waals surface area (Å²) in [5.74, 6) is -2.64. The van der Waals surface area contributed by atoms with Crippen molar-refractivity contribution in [1.82, 2.24) is 0 Å². The van der Waals surface area contributed by atoms with Gasteiger partial charge in [0.1, 0.15) is 0 Å². The van der Waals surface area contributed by atoms with Gasteiger partial charge in [-0.2, -0.15) is 0 Å². The maximum atomic E-state index is 13.0. The zero-order valence-electron chi connectivity index (χ0n) is 16.5. The van der Waals surface area contributed by atoms with Gasteiger partial charge in [0, 0.05) is 18.4 Å². The van der Waals surface area contributed by atoms with Gasteiger partial charge < -0.3 is 14.9 Å². The number of hydrogen-bond donors (Lipinski definition) is 2. The lowest BCUT2D eigenvalue weighted by Gasteiger charge is -2.31. The summed E-state index contributed by atoms with van der Waals surface area (Å²) in [5, 5.41) is 20.2. The van der Waals surface area contributed by atoms with Crippen molar-refractivity contribution in [2.24, 2.45) is 5.92 Å². The van der Waals surface area contributed by atoms with E-state index in [1.165, 1.54) is 0 Å². The Labute approximate surface area is 170 Å². The summed E-state index contributed by atoms with van der Waals surface area (Å²) in [4.78, 5) is 25.8. The fourth-order valence-corrected chi connectivity index (χ4v) is 3.89. The van der Waals surface area contributed by atoms with E-state index in [1.807, 2.05) is 55.5 Å². The van der Waals surface area contributed by atoms with Crippen LogP contribution in [0.2, 0.25) is 0 Å². The second-order valence-electron chi connectivity index (χ2n) is 7.29. The molecule has 1 aliphatic heterocycles. The molecule has 0 aliphatic carbocycles. The highest BCUT2D eigenvalue weighted by atomic mass is 16.6. The van der Waals surface area contributed by atoms with Gasteiger partial charge in [-0.05, 0) is 30.4 Å². The molecular weight excluding hydrogens is 368 g/mol. The fraction of sp³-hybridized carbons (Fsp3) is 0.333. The van der Waals surface area contributed by atoms with Crippen molar-refractivity contribution in [2.75, 3.05) is 6.61 Å². The molecule has 1 aliphatic rings. The summed E-state index contributed by atoms with van der Waals surface area (Å²) in [5.41, 5.74) is 1.71. The van der Waals surface area contributed by atoms with Crippen LogP contribution in [0.25, 0.3) is 0 Å². The number of ketones is 1. The first-order valence-electron chi connectivity index (χ1n) is 9.94. The Hall–Kier alpha value is -2.92. The van der Waals surface area contributed by atoms with Crippen LogP contribution in [0, 0.1) is 5.92 Å². The van der Waals surface area contributed by atoms with Crippen LogP contribution in [-0.4, -0.2) is 34.7 Å². The van der Waals surface area contributed by atoms with Gasteiger partial charge in [0.25, 0.3) is 0 Å². The van der Waals surface area contributed by atoms with Crippen molar-refractivity contribution < 1.29 is 24.5 Å². The number of rotatable bonds is 8. The van der Waals surface area contributed by atoms with E-state index in [0.29, 0.717) is 12.8 Å². The van der Waals surface area contributed by atoms with E-state index < -0.39 is 29.5 Å². The molecule has 0 spiro atoms. The van der Waals surface area contributed by atoms with Gasteiger partial charge in [0.2, 0.25) is 5.78 Å². The molecule has 0 aromatic heterocycles. The quantitative estimate of drug-likeness (QED) is 0.667. The molecule has 2 aromatic carbocycles. The van der Waals surface area contributed by atoms with Crippen molar-refractivity contribution >= 4 is 11.8 Å². The summed E-state index contributed by atoms with van der Waals surface area (Å²) in [6.45, 7) is 1.75. The average Bonchev–Trinajstić information content (AvgIpc) is 2.75. The molecule has 0 bridgehead atoms. The summed E-state index contributed by atoms with van der Waals surface area (Å²) in [6, 6.07) is 18.7. The summed E-state index contributed by atoms with van der Waals surface area (Å²) in [7, 11) is 0. The number of aliphatic hydroxyl groups is 2. The van der Waals surface area contributed by atoms with E-state index in [0.717, 1.165) is 11.1 Å². The largest absolute Gasteiger partial charge is 0.504 e. The van der Waals surface area contributed by atoms with Crippen LogP contribution in [-0.2, 0) is 20.7 Å². The Morgan fingerprint density at radius 2 is 1.62 bits per heavy atom. The maximum absolute atomic E-state index is 13.0. The molecule has 0 saturated heterocycles. The molecule has 0 amide bonds. The Kier molecular flexibility index (Phi) is 6.83. The number of cyclic esters (lactones) is 1. The monoisotopic (exact) mass is 394 g/mol. The normalized spacial score (nSPS) is 19.0. The standard InChI is InChI=1S/C24H26O5/c1-2-17(15-16-9-5-3-6-10-16)23-22(27)21(26)20(24(28)29-23)19(13-14-25)18-11-7-4-8-12-18/h3-12,17,19,23,25-26H,2,13-15H2,1H3/t17?,19?,23-/m1/s1. The first-order valence-corrected chi connectivity index (χ1v) is 9.94. The number of esters is 1. The molecule has 3 rings (SSSR count). The molecule has 0 radical (unpaired) electrons. The van der Waals surface area contributed by atoms with Gasteiger partial charge in [-0.25, -0.2) is 4.79 Å². The van der Waals surface area contributed by atoms with Gasteiger partial charge in [-0.3, -0.25) is 4.79 Å². The Balaban J connectivity index is 1.91. The lowest BCUT2D eigenvalue weighted by molar-refractivity contribution is -0.158. The van der Waals surface area contributed by atoms with Crippen LogP contribution in [0.15, 0.2) is 72.0 Å². The minimum atomic E-state index is -1.01. The zero-order valence-corrected chi connectivity index (χ0v) is 16.5. The molecule has 5 nitrogen and oxygen atoms in total. The lowest BCUT2D eigenvalue weighted by atomic mass is 9.82. The first-order chi connectivity index (χ1) is 14.1. The van der Waals surface area contributed by atoms with Crippen LogP contribution in [0.5, 0.6) is 0 Å². The number of aliphatic hydroxyl groups excluding tert-OH is 2. The molecule has 0 saturated carbocycles. The number of Topliss-reactive ketones (excluding diaryl/α,β-unsaturated/α-hetero) is 1. The van der Waals surface area contributed by atoms with Crippen molar-refractivity contribution in [3.05, 3.63) is 83.1 Å². The van der Waals surface area contributed by atoms with Gasteiger partial charge >= 0.3 is 5.97 Å². The molecule has 2 N–H and O–H groups in total. The highest BCUT2D eigenvalue weighted by Crippen LogP contribution is 2.35. The van der Waals surface area contributed by atoms with Crippen LogP contribution in [0.1, 0.15) is 36.8 Å². The number of ether oxygens (including phenoxy) is 1. The minimum Gasteiger partial charge on any atom is -0.504 e. The predicted molar refractivity (Wildman–Crippen MR) is 109 cm³/mol. The Morgan fingerprint density at radius 3 is 2.21 bits per heavy atom. The fourth-order valence-electron chi connectivity index (χ4n) is 3.89. The van der Waals surface area contributed by atoms with E-state index >= 15 is 0 Å². The molecule has 2 unspecified atom stereocenters. The van der Waals surface area contributed by atoms with Crippen LogP contribution in [0.4, 0.5) is 0 Å². The molecule has 152 valence electrons. The lowest BCUT2D eigenvalue weighted by Crippen LogP contribution is -2.42. The predicted octanol–water partition coefficient (Wildman–Crippen LogP) is 3.73. The summed E-state index contributed by atoms with van der Waals surface area (Å²) in [6.07, 6.45) is 0.391. The Bertz CT molecular complexity index is 873. The molecule has 5 heteroatoms. The second-order valence-corrected chi connectivity index (χ2v) is 7.29. The average molecular weight is 394 g/mol. The number of carbonyl (C=O) groups is 2. The van der Waals surface area contributed by atoms with E-state index in [2.05, 4.69) is 0 Å². The number of carbonyl (C=O) groups excluding carboxylic acids is 2. The molecular formula is C24H26O5. The first kappa shape index (κ1) is 20.8. The van der Waals surface area contributed by atoms with Crippen molar-refractivity contribution in [3.8, 4) is 0 Å². The van der Waals surface area contributed by atoms with E-state index in [4.69, 9.17) is 4.74 Å². The van der Waals surface area contributed by atoms with Crippen molar-refractivity contribution in [3.63, 3.8) is 0 Å². The SMILES string of the molecule is CCC(Cc1ccccc1)[C@H]1OC(=O)C(C(CCO)c2ccccc2)=C(O)C1=O. The van der Waals surface area contributed by atoms with Gasteiger partial charge in [-0.1, -0.05) is 67.6 Å². The van der Waals surface area contributed by atoms with Gasteiger partial charge in [-0.15, -0.1) is 0 Å². The van der Waals surface area contributed by atoms with Crippen molar-refractivity contribution in [1.29, 1.82) is 0 Å². The van der Waals surface area contributed by atoms with Gasteiger partial charge in [0.15, 0.2) is 11.9 Å². The number of benzene rings is 2. The zero-order chi connectivity index (χ0) is 20.8. The molecule has 3 atom stereocenters. The van der Waals surface area contributed by atoms with Crippen molar-refractivity contribution in [2.45, 2.75) is 38.2 Å². The molecule has 29 heavy (non-hydrogen) atoms. The summed E-state index contributed by atoms with van der Waals surface area (Å²) >= 11 is 0. The third-order valence-corrected chi connectivity index (χ3v) is 5.46. The highest BCUT2D eigenvalue weighted by Gasteiger charge is 2.43. The third kappa shape index (κ3) is 4.57. The van der Waals surface area contributed by atoms with E-state index in [1.54, 1.807) is 12.1 Å². The smallest absolute Gasteiger partial charge is 0.339 e. The molecule has 0 fully saturated rings. The summed E-state index contributed by atoms with van der Waals surface area (Å²) < 4.78 is 5.57. The third-order valence-electron chi connectivity index (χ3n) is 5.46. The second kappa shape index (κ2) is 9.52. The van der Waals surface area contributed by atoms with Crippen LogP contribution >= 0.6 is 0 Å². The van der Waals surface area contributed by atoms with E-state index in [-0.39, 0.29) is 24.5 Å². The topological polar surface area (TPSA) is 83.8 Å². The van der Waals surface area contributed by atoms with E-state index in [9.17, 15) is 19.8 Å². The van der Waals surface area contributed by atoms with Crippen LogP contribution < -0.4 is 0 Å². The highest BCUT2D eigenvalue weighted by molar-refractivity contribution is 6.09. The number of hydrogen-bond acceptors (Lipinski definition) is 5. The van der Waals surface area contributed by atoms with Gasteiger partial charge in [0.05, 0.1) is 5.57 Å². The maximum Gasteiger partial charge on any atom is 0.339 e. The molecule has 1 heterocycles.